The van der Waals surface area contributed by atoms with Crippen LogP contribution in [-0.2, 0) is 6.61 Å². The molecular weight excluding hydrogens is 476 g/mol. The van der Waals surface area contributed by atoms with Crippen molar-refractivity contribution >= 4 is 24.2 Å². The van der Waals surface area contributed by atoms with Gasteiger partial charge in [-0.3, -0.25) is 14.6 Å². The van der Waals surface area contributed by atoms with Crippen LogP contribution in [0.3, 0.4) is 0 Å². The number of carbonyl (C=O) groups is 2. The first-order chi connectivity index (χ1) is 16.9. The van der Waals surface area contributed by atoms with Gasteiger partial charge in [-0.1, -0.05) is 11.6 Å². The van der Waals surface area contributed by atoms with Crippen molar-refractivity contribution in [2.75, 3.05) is 14.2 Å². The lowest BCUT2D eigenvalue weighted by atomic mass is 10.2. The maximum atomic E-state index is 11.5. The number of aromatic nitrogens is 1. The second kappa shape index (κ2) is 11.7. The second-order valence-electron chi connectivity index (χ2n) is 7.08. The number of ether oxygens (including phenoxy) is 5. The summed E-state index contributed by atoms with van der Waals surface area (Å²) in [7, 11) is 2.85. The molecule has 1 aromatic heterocycles. The summed E-state index contributed by atoms with van der Waals surface area (Å²) in [4.78, 5) is 26.9. The summed E-state index contributed by atoms with van der Waals surface area (Å²) in [6.45, 7) is 1.70. The molecule has 1 heterocycles. The first-order valence-electron chi connectivity index (χ1n) is 10.2. The molecule has 10 heteroatoms. The van der Waals surface area contributed by atoms with Gasteiger partial charge in [0, 0.05) is 43.1 Å². The van der Waals surface area contributed by atoms with E-state index in [0.717, 1.165) is 0 Å². The molecule has 1 unspecified atom stereocenters. The lowest BCUT2D eigenvalue weighted by molar-refractivity contribution is 0.0219. The highest BCUT2D eigenvalue weighted by molar-refractivity contribution is 6.32. The highest BCUT2D eigenvalue weighted by Gasteiger charge is 2.17. The van der Waals surface area contributed by atoms with Crippen LogP contribution in [0, 0.1) is 11.3 Å². The van der Waals surface area contributed by atoms with Gasteiger partial charge in [-0.2, -0.15) is 5.26 Å². The van der Waals surface area contributed by atoms with Crippen molar-refractivity contribution in [3.8, 4) is 34.8 Å². The lowest BCUT2D eigenvalue weighted by Crippen LogP contribution is -2.20. The molecule has 0 fully saturated rings. The fourth-order valence-corrected chi connectivity index (χ4v) is 3.36. The summed E-state index contributed by atoms with van der Waals surface area (Å²) in [5.41, 5.74) is 1.51. The van der Waals surface area contributed by atoms with E-state index in [0.29, 0.717) is 29.4 Å². The van der Waals surface area contributed by atoms with Crippen molar-refractivity contribution in [3.63, 3.8) is 0 Å². The van der Waals surface area contributed by atoms with Crippen LogP contribution in [0.5, 0.6) is 28.7 Å². The first-order valence-corrected chi connectivity index (χ1v) is 10.6. The van der Waals surface area contributed by atoms with Crippen LogP contribution < -0.4 is 23.7 Å². The number of hydrogen-bond acceptors (Lipinski definition) is 9. The highest BCUT2D eigenvalue weighted by Crippen LogP contribution is 2.35. The van der Waals surface area contributed by atoms with Crippen LogP contribution in [0.1, 0.15) is 38.8 Å². The maximum Gasteiger partial charge on any atom is 0.238 e. The molecule has 0 aliphatic rings. The Morgan fingerprint density at radius 1 is 0.971 bits per heavy atom. The van der Waals surface area contributed by atoms with E-state index in [4.69, 9.17) is 40.5 Å². The fourth-order valence-electron chi connectivity index (χ4n) is 3.14. The molecule has 0 saturated heterocycles. The summed E-state index contributed by atoms with van der Waals surface area (Å²) in [5, 5.41) is 9.20. The van der Waals surface area contributed by atoms with Gasteiger partial charge in [0.15, 0.2) is 12.6 Å². The van der Waals surface area contributed by atoms with Gasteiger partial charge in [-0.25, -0.2) is 0 Å². The van der Waals surface area contributed by atoms with E-state index < -0.39 is 6.29 Å². The largest absolute Gasteiger partial charge is 0.496 e. The highest BCUT2D eigenvalue weighted by atomic mass is 35.5. The first kappa shape index (κ1) is 25.3. The van der Waals surface area contributed by atoms with Crippen molar-refractivity contribution in [2.45, 2.75) is 19.8 Å². The molecular formula is C25H21ClN2O7. The number of halogens is 1. The zero-order valence-electron chi connectivity index (χ0n) is 19.1. The molecule has 35 heavy (non-hydrogen) atoms. The van der Waals surface area contributed by atoms with Gasteiger partial charge in [0.05, 0.1) is 35.9 Å². The van der Waals surface area contributed by atoms with Gasteiger partial charge in [0.1, 0.15) is 41.4 Å². The van der Waals surface area contributed by atoms with Gasteiger partial charge >= 0.3 is 0 Å². The molecule has 0 saturated carbocycles. The average Bonchev–Trinajstić information content (AvgIpc) is 2.88. The summed E-state index contributed by atoms with van der Waals surface area (Å²) in [5.74, 6) is 1.33. The number of carbonyl (C=O) groups excluding carboxylic acids is 2. The predicted molar refractivity (Wildman–Crippen MR) is 126 cm³/mol. The van der Waals surface area contributed by atoms with E-state index in [1.54, 1.807) is 19.2 Å². The normalized spacial score (nSPS) is 11.1. The predicted octanol–water partition coefficient (Wildman–Crippen LogP) is 4.63. The number of nitriles is 1. The van der Waals surface area contributed by atoms with Crippen molar-refractivity contribution < 1.29 is 33.3 Å². The minimum Gasteiger partial charge on any atom is -0.496 e. The van der Waals surface area contributed by atoms with E-state index in [1.807, 2.05) is 6.07 Å². The molecule has 2 aromatic carbocycles. The average molecular weight is 497 g/mol. The zero-order valence-corrected chi connectivity index (χ0v) is 19.9. The molecule has 3 rings (SSSR count). The van der Waals surface area contributed by atoms with Crippen LogP contribution in [0.15, 0.2) is 42.7 Å². The minimum absolute atomic E-state index is 0.0686. The van der Waals surface area contributed by atoms with E-state index >= 15 is 0 Å². The third kappa shape index (κ3) is 6.19. The van der Waals surface area contributed by atoms with Gasteiger partial charge in [0.2, 0.25) is 6.29 Å². The SMILES string of the molecule is COc1cc(OC(C)Oc2cc(OCc3cncc(C#N)c3)c(C=O)cc2Cl)cc(OC)c1C=O. The van der Waals surface area contributed by atoms with Crippen molar-refractivity contribution in [2.24, 2.45) is 0 Å². The van der Waals surface area contributed by atoms with Crippen LogP contribution in [0.4, 0.5) is 0 Å². The molecule has 0 spiro atoms. The Morgan fingerprint density at radius 3 is 2.29 bits per heavy atom. The van der Waals surface area contributed by atoms with Crippen LogP contribution in [0.2, 0.25) is 5.02 Å². The molecule has 0 bridgehead atoms. The topological polar surface area (TPSA) is 117 Å². The molecule has 9 nitrogen and oxygen atoms in total. The van der Waals surface area contributed by atoms with Crippen LogP contribution in [-0.4, -0.2) is 38.1 Å². The number of aldehydes is 2. The van der Waals surface area contributed by atoms with E-state index in [1.165, 1.54) is 44.7 Å². The number of rotatable bonds is 11. The molecule has 3 aromatic rings. The minimum atomic E-state index is -0.838. The Labute approximate surface area is 206 Å². The van der Waals surface area contributed by atoms with Crippen molar-refractivity contribution in [3.05, 3.63) is 70.0 Å². The van der Waals surface area contributed by atoms with E-state index in [9.17, 15) is 9.59 Å². The summed E-state index contributed by atoms with van der Waals surface area (Å²) < 4.78 is 27.9. The number of hydrogen-bond donors (Lipinski definition) is 0. The zero-order chi connectivity index (χ0) is 25.4. The van der Waals surface area contributed by atoms with E-state index in [-0.39, 0.29) is 45.8 Å². The number of methoxy groups -OCH3 is 2. The standard InChI is InChI=1S/C25H21ClN2O7/c1-15(34-19-6-23(31-2)20(13-30)24(7-19)32-3)35-25-8-22(18(12-29)5-21(25)26)33-14-17-4-16(9-27)10-28-11-17/h4-8,10-13,15H,14H2,1-3H3. The monoisotopic (exact) mass is 496 g/mol. The third-order valence-electron chi connectivity index (χ3n) is 4.74. The number of benzene rings is 2. The molecule has 1 atom stereocenters. The van der Waals surface area contributed by atoms with Gasteiger partial charge in [-0.05, 0) is 12.1 Å². The van der Waals surface area contributed by atoms with Crippen molar-refractivity contribution in [1.29, 1.82) is 5.26 Å². The lowest BCUT2D eigenvalue weighted by Gasteiger charge is -2.20. The second-order valence-corrected chi connectivity index (χ2v) is 7.49. The Morgan fingerprint density at radius 2 is 1.69 bits per heavy atom. The van der Waals surface area contributed by atoms with Crippen LogP contribution >= 0.6 is 11.6 Å². The summed E-state index contributed by atoms with van der Waals surface area (Å²) >= 11 is 6.30. The quantitative estimate of drug-likeness (QED) is 0.276. The Bertz CT molecular complexity index is 1250. The number of nitrogens with zero attached hydrogens (tertiary/aromatic N) is 2. The van der Waals surface area contributed by atoms with Gasteiger partial charge in [-0.15, -0.1) is 0 Å². The molecule has 0 aliphatic carbocycles. The Balaban J connectivity index is 1.79. The summed E-state index contributed by atoms with van der Waals surface area (Å²) in [6, 6.07) is 9.59. The smallest absolute Gasteiger partial charge is 0.238 e. The Kier molecular flexibility index (Phi) is 8.48. The molecule has 0 aliphatic heterocycles. The molecule has 0 radical (unpaired) electrons. The van der Waals surface area contributed by atoms with E-state index in [2.05, 4.69) is 4.98 Å². The number of pyridine rings is 1. The molecule has 180 valence electrons. The Hall–Kier alpha value is -4.29. The van der Waals surface area contributed by atoms with Crippen LogP contribution in [0.25, 0.3) is 0 Å². The van der Waals surface area contributed by atoms with Gasteiger partial charge < -0.3 is 23.7 Å². The molecule has 0 amide bonds. The van der Waals surface area contributed by atoms with Crippen molar-refractivity contribution in [1.82, 2.24) is 4.98 Å². The third-order valence-corrected chi connectivity index (χ3v) is 5.04. The summed E-state index contributed by atoms with van der Waals surface area (Å²) in [6.07, 6.45) is 3.40. The van der Waals surface area contributed by atoms with Gasteiger partial charge in [0.25, 0.3) is 0 Å². The molecule has 0 N–H and O–H groups in total. The fraction of sp³-hybridized carbons (Fsp3) is 0.200. The maximum absolute atomic E-state index is 11.5.